The van der Waals surface area contributed by atoms with E-state index in [-0.39, 0.29) is 28.5 Å². The van der Waals surface area contributed by atoms with E-state index in [2.05, 4.69) is 5.32 Å². The minimum Gasteiger partial charge on any atom is -0.451 e. The Labute approximate surface area is 135 Å². The minimum atomic E-state index is -0.578. The maximum Gasteiger partial charge on any atom is 0.291 e. The Morgan fingerprint density at radius 1 is 1.08 bits per heavy atom. The highest BCUT2D eigenvalue weighted by molar-refractivity contribution is 6.02. The lowest BCUT2D eigenvalue weighted by Crippen LogP contribution is -2.10. The van der Waals surface area contributed by atoms with Crippen molar-refractivity contribution in [1.82, 2.24) is 0 Å². The molecule has 7 heteroatoms. The number of nitrogens with one attached hydrogen (secondary N) is 1. The number of nitrogens with zero attached hydrogens (tertiary/aromatic N) is 1. The van der Waals surface area contributed by atoms with Gasteiger partial charge < -0.3 is 9.73 Å². The molecule has 0 spiro atoms. The van der Waals surface area contributed by atoms with Crippen molar-refractivity contribution in [2.24, 2.45) is 0 Å². The molecule has 0 saturated carbocycles. The summed E-state index contributed by atoms with van der Waals surface area (Å²) in [5, 5.41) is 13.6. The molecule has 0 aliphatic rings. The molecule has 120 valence electrons. The summed E-state index contributed by atoms with van der Waals surface area (Å²) in [5.41, 5.74) is 0.430. The van der Waals surface area contributed by atoms with Gasteiger partial charge in [0.2, 0.25) is 0 Å². The summed E-state index contributed by atoms with van der Waals surface area (Å²) in [7, 11) is 0. The molecule has 0 fully saturated rings. The van der Waals surface area contributed by atoms with Crippen LogP contribution in [0.4, 0.5) is 15.8 Å². The summed E-state index contributed by atoms with van der Waals surface area (Å²) in [6.07, 6.45) is 0. The molecule has 0 aliphatic heterocycles. The smallest absolute Gasteiger partial charge is 0.291 e. The Balaban J connectivity index is 1.86. The first-order valence-corrected chi connectivity index (χ1v) is 6.95. The molecule has 0 unspecified atom stereocenters. The second-order valence-electron chi connectivity index (χ2n) is 4.90. The third-order valence-corrected chi connectivity index (χ3v) is 3.28. The lowest BCUT2D eigenvalue weighted by Gasteiger charge is -2.03. The second kappa shape index (κ2) is 6.33. The van der Waals surface area contributed by atoms with Crippen LogP contribution in [-0.2, 0) is 0 Å². The molecule has 0 atom stereocenters. The lowest BCUT2D eigenvalue weighted by atomic mass is 10.1. The van der Waals surface area contributed by atoms with Crippen LogP contribution >= 0.6 is 0 Å². The summed E-state index contributed by atoms with van der Waals surface area (Å²) < 4.78 is 18.5. The van der Waals surface area contributed by atoms with E-state index >= 15 is 0 Å². The lowest BCUT2D eigenvalue weighted by molar-refractivity contribution is -0.384. The van der Waals surface area contributed by atoms with Crippen molar-refractivity contribution in [3.8, 4) is 11.3 Å². The molecule has 0 aliphatic carbocycles. The van der Waals surface area contributed by atoms with Crippen LogP contribution in [0.1, 0.15) is 10.6 Å². The van der Waals surface area contributed by atoms with Gasteiger partial charge >= 0.3 is 0 Å². The van der Waals surface area contributed by atoms with Gasteiger partial charge in [0.25, 0.3) is 11.6 Å². The standard InChI is InChI=1S/C17H11FN2O4/c18-11-4-3-5-12(10-11)19-17(21)16-9-8-15(24-16)13-6-1-2-7-14(13)20(22)23/h1-10H,(H,19,21). The number of para-hydroxylation sites is 1. The normalized spacial score (nSPS) is 10.4. The monoisotopic (exact) mass is 326 g/mol. The first-order chi connectivity index (χ1) is 11.5. The van der Waals surface area contributed by atoms with Crippen LogP contribution in [0.5, 0.6) is 0 Å². The van der Waals surface area contributed by atoms with Gasteiger partial charge in [0.1, 0.15) is 11.6 Å². The van der Waals surface area contributed by atoms with Crippen LogP contribution in [-0.4, -0.2) is 10.8 Å². The maximum absolute atomic E-state index is 13.1. The number of nitro groups is 1. The van der Waals surface area contributed by atoms with E-state index in [1.54, 1.807) is 12.1 Å². The first-order valence-electron chi connectivity index (χ1n) is 6.95. The molecule has 24 heavy (non-hydrogen) atoms. The van der Waals surface area contributed by atoms with E-state index in [0.717, 1.165) is 0 Å². The van der Waals surface area contributed by atoms with E-state index < -0.39 is 16.6 Å². The van der Waals surface area contributed by atoms with E-state index in [0.29, 0.717) is 0 Å². The number of amides is 1. The van der Waals surface area contributed by atoms with Crippen molar-refractivity contribution in [3.05, 3.63) is 82.4 Å². The highest BCUT2D eigenvalue weighted by Crippen LogP contribution is 2.31. The maximum atomic E-state index is 13.1. The van der Waals surface area contributed by atoms with Crippen molar-refractivity contribution < 1.29 is 18.5 Å². The van der Waals surface area contributed by atoms with Gasteiger partial charge in [-0.25, -0.2) is 4.39 Å². The molecular weight excluding hydrogens is 315 g/mol. The fraction of sp³-hybridized carbons (Fsp3) is 0. The van der Waals surface area contributed by atoms with Gasteiger partial charge in [0.05, 0.1) is 10.5 Å². The quantitative estimate of drug-likeness (QED) is 0.574. The topological polar surface area (TPSA) is 85.4 Å². The molecule has 0 radical (unpaired) electrons. The second-order valence-corrected chi connectivity index (χ2v) is 4.90. The summed E-state index contributed by atoms with van der Waals surface area (Å²) in [4.78, 5) is 22.7. The SMILES string of the molecule is O=C(Nc1cccc(F)c1)c1ccc(-c2ccccc2[N+](=O)[O-])o1. The summed E-state index contributed by atoms with van der Waals surface area (Å²) in [5.74, 6) is -0.891. The predicted octanol–water partition coefficient (Wildman–Crippen LogP) is 4.25. The third kappa shape index (κ3) is 3.14. The Kier molecular flexibility index (Phi) is 4.07. The minimum absolute atomic E-state index is 0.0348. The number of hydrogen-bond donors (Lipinski definition) is 1. The number of nitro benzene ring substituents is 1. The van der Waals surface area contributed by atoms with Crippen molar-refractivity contribution in [1.29, 1.82) is 0 Å². The van der Waals surface area contributed by atoms with E-state index in [1.807, 2.05) is 0 Å². The number of furan rings is 1. The Morgan fingerprint density at radius 2 is 1.88 bits per heavy atom. The number of halogens is 1. The van der Waals surface area contributed by atoms with Gasteiger partial charge in [0.15, 0.2) is 5.76 Å². The van der Waals surface area contributed by atoms with Gasteiger partial charge in [-0.3, -0.25) is 14.9 Å². The average Bonchev–Trinajstić information content (AvgIpc) is 3.05. The number of rotatable bonds is 4. The molecule has 1 N–H and O–H groups in total. The fourth-order valence-corrected chi connectivity index (χ4v) is 2.20. The van der Waals surface area contributed by atoms with Gasteiger partial charge in [0, 0.05) is 11.8 Å². The number of carbonyl (C=O) groups excluding carboxylic acids is 1. The van der Waals surface area contributed by atoms with Crippen molar-refractivity contribution in [3.63, 3.8) is 0 Å². The van der Waals surface area contributed by atoms with Gasteiger partial charge in [-0.05, 0) is 36.4 Å². The molecule has 3 rings (SSSR count). The Morgan fingerprint density at radius 3 is 2.62 bits per heavy atom. The van der Waals surface area contributed by atoms with Crippen molar-refractivity contribution in [2.45, 2.75) is 0 Å². The Bertz CT molecular complexity index is 920. The zero-order valence-electron chi connectivity index (χ0n) is 12.2. The zero-order chi connectivity index (χ0) is 17.1. The first kappa shape index (κ1) is 15.4. The molecule has 6 nitrogen and oxygen atoms in total. The predicted molar refractivity (Wildman–Crippen MR) is 85.2 cm³/mol. The van der Waals surface area contributed by atoms with Gasteiger partial charge in [-0.15, -0.1) is 0 Å². The summed E-state index contributed by atoms with van der Waals surface area (Å²) in [6, 6.07) is 14.4. The van der Waals surface area contributed by atoms with E-state index in [4.69, 9.17) is 4.42 Å². The van der Waals surface area contributed by atoms with Gasteiger partial charge in [-0.1, -0.05) is 18.2 Å². The molecule has 0 saturated heterocycles. The third-order valence-electron chi connectivity index (χ3n) is 3.28. The van der Waals surface area contributed by atoms with Crippen LogP contribution in [0.15, 0.2) is 65.1 Å². The van der Waals surface area contributed by atoms with Crippen molar-refractivity contribution in [2.75, 3.05) is 5.32 Å². The fourth-order valence-electron chi connectivity index (χ4n) is 2.20. The van der Waals surface area contributed by atoms with Crippen LogP contribution < -0.4 is 5.32 Å². The molecule has 2 aromatic carbocycles. The van der Waals surface area contributed by atoms with Crippen molar-refractivity contribution >= 4 is 17.3 Å². The molecule has 1 heterocycles. The largest absolute Gasteiger partial charge is 0.451 e. The number of hydrogen-bond acceptors (Lipinski definition) is 4. The Hall–Kier alpha value is -3.48. The highest BCUT2D eigenvalue weighted by atomic mass is 19.1. The molecule has 1 aromatic heterocycles. The van der Waals surface area contributed by atoms with Gasteiger partial charge in [-0.2, -0.15) is 0 Å². The van der Waals surface area contributed by atoms with Crippen LogP contribution in [0, 0.1) is 15.9 Å². The molecule has 0 bridgehead atoms. The number of carbonyl (C=O) groups is 1. The van der Waals surface area contributed by atoms with Crippen LogP contribution in [0.2, 0.25) is 0 Å². The van der Waals surface area contributed by atoms with Crippen LogP contribution in [0.25, 0.3) is 11.3 Å². The summed E-state index contributed by atoms with van der Waals surface area (Å²) >= 11 is 0. The number of anilines is 1. The average molecular weight is 326 g/mol. The van der Waals surface area contributed by atoms with E-state index in [1.165, 1.54) is 48.5 Å². The highest BCUT2D eigenvalue weighted by Gasteiger charge is 2.19. The molecule has 3 aromatic rings. The van der Waals surface area contributed by atoms with E-state index in [9.17, 15) is 19.3 Å². The summed E-state index contributed by atoms with van der Waals surface area (Å²) in [6.45, 7) is 0. The zero-order valence-corrected chi connectivity index (χ0v) is 12.2. The molecular formula is C17H11FN2O4. The van der Waals surface area contributed by atoms with Crippen LogP contribution in [0.3, 0.4) is 0 Å². The number of benzene rings is 2. The molecule has 1 amide bonds.